The van der Waals surface area contributed by atoms with E-state index >= 15 is 0 Å². The molecular formula is C25H30N6O3S. The Balaban J connectivity index is 1.09. The van der Waals surface area contributed by atoms with Crippen molar-refractivity contribution in [1.29, 1.82) is 0 Å². The van der Waals surface area contributed by atoms with Crippen LogP contribution >= 0.6 is 0 Å². The molecule has 0 saturated carbocycles. The van der Waals surface area contributed by atoms with Gasteiger partial charge in [-0.2, -0.15) is 9.40 Å². The average molecular weight is 495 g/mol. The summed E-state index contributed by atoms with van der Waals surface area (Å²) in [6.07, 6.45) is 6.14. The molecule has 2 fully saturated rings. The van der Waals surface area contributed by atoms with E-state index < -0.39 is 10.0 Å². The minimum atomic E-state index is -3.55. The number of nitrogens with one attached hydrogen (secondary N) is 2. The van der Waals surface area contributed by atoms with E-state index in [-0.39, 0.29) is 17.8 Å². The standard InChI is InChI=1S/C25H30N6O3S/c32-25-27-22-5-1-2-6-24(22)31(25)20-10-14-29(15-11-20)13-9-19-4-3-12-30(19)35(33,34)21-8-7-18-17-26-28-23(18)16-21/h1-2,5-8,16-17,19-20H,3-4,9-15H2,(H,26,28)(H,27,32)/t19-/m1/s1. The zero-order chi connectivity index (χ0) is 24.0. The first-order chi connectivity index (χ1) is 17.0. The largest absolute Gasteiger partial charge is 0.326 e. The van der Waals surface area contributed by atoms with Gasteiger partial charge in [-0.05, 0) is 69.0 Å². The highest BCUT2D eigenvalue weighted by atomic mass is 32.2. The molecule has 4 heterocycles. The number of fused-ring (bicyclic) bond motifs is 2. The van der Waals surface area contributed by atoms with Gasteiger partial charge in [0.05, 0.1) is 27.6 Å². The van der Waals surface area contributed by atoms with Crippen LogP contribution in [0.15, 0.2) is 58.4 Å². The van der Waals surface area contributed by atoms with E-state index in [1.54, 1.807) is 28.7 Å². The van der Waals surface area contributed by atoms with Crippen molar-refractivity contribution in [1.82, 2.24) is 29.0 Å². The molecule has 2 aliphatic heterocycles. The summed E-state index contributed by atoms with van der Waals surface area (Å²) in [5.41, 5.74) is 2.55. The van der Waals surface area contributed by atoms with E-state index in [9.17, 15) is 13.2 Å². The number of likely N-dealkylation sites (tertiary alicyclic amines) is 1. The number of H-pyrrole nitrogens is 2. The maximum Gasteiger partial charge on any atom is 0.326 e. The second kappa shape index (κ2) is 8.92. The molecule has 2 aromatic heterocycles. The lowest BCUT2D eigenvalue weighted by Crippen LogP contribution is -2.41. The summed E-state index contributed by atoms with van der Waals surface area (Å²) in [5, 5.41) is 7.77. The molecular weight excluding hydrogens is 464 g/mol. The molecule has 0 unspecified atom stereocenters. The Hall–Kier alpha value is -2.95. The van der Waals surface area contributed by atoms with E-state index in [0.29, 0.717) is 11.4 Å². The van der Waals surface area contributed by atoms with Crippen LogP contribution in [0.5, 0.6) is 0 Å². The quantitative estimate of drug-likeness (QED) is 0.428. The minimum Gasteiger partial charge on any atom is -0.306 e. The summed E-state index contributed by atoms with van der Waals surface area (Å²) in [6.45, 7) is 3.25. The van der Waals surface area contributed by atoms with Gasteiger partial charge in [-0.3, -0.25) is 9.67 Å². The Bertz CT molecular complexity index is 1510. The van der Waals surface area contributed by atoms with Crippen LogP contribution in [0.2, 0.25) is 0 Å². The molecule has 2 aromatic carbocycles. The monoisotopic (exact) mass is 494 g/mol. The molecule has 2 aliphatic rings. The van der Waals surface area contributed by atoms with Gasteiger partial charge in [0.25, 0.3) is 0 Å². The predicted molar refractivity (Wildman–Crippen MR) is 135 cm³/mol. The number of aromatic amines is 2. The van der Waals surface area contributed by atoms with Gasteiger partial charge in [-0.1, -0.05) is 12.1 Å². The number of hydrogen-bond donors (Lipinski definition) is 2. The van der Waals surface area contributed by atoms with Gasteiger partial charge < -0.3 is 9.88 Å². The van der Waals surface area contributed by atoms with Crippen molar-refractivity contribution < 1.29 is 8.42 Å². The fraction of sp³-hybridized carbons (Fsp3) is 0.440. The van der Waals surface area contributed by atoms with Crippen molar-refractivity contribution in [2.24, 2.45) is 0 Å². The third kappa shape index (κ3) is 4.09. The second-order valence-electron chi connectivity index (χ2n) is 9.71. The molecule has 2 saturated heterocycles. The molecule has 10 heteroatoms. The lowest BCUT2D eigenvalue weighted by molar-refractivity contribution is 0.174. The van der Waals surface area contributed by atoms with Gasteiger partial charge in [0.15, 0.2) is 0 Å². The maximum absolute atomic E-state index is 13.4. The molecule has 0 bridgehead atoms. The van der Waals surface area contributed by atoms with Crippen LogP contribution in [0.25, 0.3) is 21.9 Å². The highest BCUT2D eigenvalue weighted by molar-refractivity contribution is 7.89. The normalized spacial score (nSPS) is 20.9. The third-order valence-corrected chi connectivity index (χ3v) is 9.62. The highest BCUT2D eigenvalue weighted by Gasteiger charge is 2.35. The number of rotatable bonds is 6. The van der Waals surface area contributed by atoms with Crippen molar-refractivity contribution in [3.8, 4) is 0 Å². The van der Waals surface area contributed by atoms with Crippen molar-refractivity contribution in [2.75, 3.05) is 26.2 Å². The number of piperidine rings is 1. The Kier molecular flexibility index (Phi) is 5.74. The van der Waals surface area contributed by atoms with Crippen molar-refractivity contribution >= 4 is 32.0 Å². The lowest BCUT2D eigenvalue weighted by Gasteiger charge is -2.34. The van der Waals surface area contributed by atoms with Crippen LogP contribution in [0.1, 0.15) is 38.1 Å². The van der Waals surface area contributed by atoms with Crippen molar-refractivity contribution in [3.05, 3.63) is 59.1 Å². The number of para-hydroxylation sites is 2. The van der Waals surface area contributed by atoms with Crippen LogP contribution in [0, 0.1) is 0 Å². The topological polar surface area (TPSA) is 107 Å². The first-order valence-electron chi connectivity index (χ1n) is 12.4. The van der Waals surface area contributed by atoms with E-state index in [1.165, 1.54) is 0 Å². The summed E-state index contributed by atoms with van der Waals surface area (Å²) in [4.78, 5) is 18.3. The van der Waals surface area contributed by atoms with Gasteiger partial charge >= 0.3 is 5.69 Å². The zero-order valence-electron chi connectivity index (χ0n) is 19.6. The fourth-order valence-electron chi connectivity index (χ4n) is 5.80. The molecule has 0 radical (unpaired) electrons. The summed E-state index contributed by atoms with van der Waals surface area (Å²) in [6, 6.07) is 13.2. The number of hydrogen-bond acceptors (Lipinski definition) is 5. The zero-order valence-corrected chi connectivity index (χ0v) is 20.4. The van der Waals surface area contributed by atoms with Crippen LogP contribution < -0.4 is 5.69 Å². The molecule has 0 amide bonds. The second-order valence-corrected chi connectivity index (χ2v) is 11.6. The fourth-order valence-corrected chi connectivity index (χ4v) is 7.55. The van der Waals surface area contributed by atoms with Gasteiger partial charge in [0.2, 0.25) is 10.0 Å². The summed E-state index contributed by atoms with van der Waals surface area (Å²) in [7, 11) is -3.55. The van der Waals surface area contributed by atoms with Crippen molar-refractivity contribution in [2.45, 2.75) is 49.1 Å². The minimum absolute atomic E-state index is 0.0198. The van der Waals surface area contributed by atoms with Gasteiger partial charge in [-0.25, -0.2) is 13.2 Å². The van der Waals surface area contributed by atoms with Crippen LogP contribution in [-0.4, -0.2) is 69.6 Å². The molecule has 9 nitrogen and oxygen atoms in total. The van der Waals surface area contributed by atoms with E-state index in [2.05, 4.69) is 20.1 Å². The summed E-state index contributed by atoms with van der Waals surface area (Å²) >= 11 is 0. The Morgan fingerprint density at radius 2 is 1.83 bits per heavy atom. The first-order valence-corrected chi connectivity index (χ1v) is 13.8. The number of sulfonamides is 1. The van der Waals surface area contributed by atoms with Crippen LogP contribution in [0.4, 0.5) is 0 Å². The summed E-state index contributed by atoms with van der Waals surface area (Å²) < 4.78 is 30.4. The van der Waals surface area contributed by atoms with Crippen LogP contribution in [-0.2, 0) is 10.0 Å². The number of benzene rings is 2. The Labute approximate surface area is 203 Å². The SMILES string of the molecule is O=c1[nH]c2ccccc2n1C1CCN(CC[C@H]2CCCN2S(=O)(=O)c2ccc3cn[nH]c3c2)CC1. The third-order valence-electron chi connectivity index (χ3n) is 7.67. The summed E-state index contributed by atoms with van der Waals surface area (Å²) in [5.74, 6) is 0. The molecule has 6 rings (SSSR count). The van der Waals surface area contributed by atoms with Gasteiger partial charge in [-0.15, -0.1) is 0 Å². The van der Waals surface area contributed by atoms with E-state index in [0.717, 1.165) is 73.7 Å². The Morgan fingerprint density at radius 1 is 1.00 bits per heavy atom. The molecule has 1 atom stereocenters. The number of imidazole rings is 1. The molecule has 184 valence electrons. The smallest absolute Gasteiger partial charge is 0.306 e. The number of aromatic nitrogens is 4. The predicted octanol–water partition coefficient (Wildman–Crippen LogP) is 3.09. The molecule has 0 spiro atoms. The molecule has 0 aliphatic carbocycles. The first kappa shape index (κ1) is 22.5. The molecule has 2 N–H and O–H groups in total. The highest BCUT2D eigenvalue weighted by Crippen LogP contribution is 2.30. The van der Waals surface area contributed by atoms with Crippen LogP contribution in [0.3, 0.4) is 0 Å². The maximum atomic E-state index is 13.4. The average Bonchev–Trinajstić information content (AvgIpc) is 3.60. The number of nitrogens with zero attached hydrogens (tertiary/aromatic N) is 4. The van der Waals surface area contributed by atoms with E-state index in [1.807, 2.05) is 28.8 Å². The lowest BCUT2D eigenvalue weighted by atomic mass is 10.0. The van der Waals surface area contributed by atoms with Gasteiger partial charge in [0, 0.05) is 37.1 Å². The molecule has 35 heavy (non-hydrogen) atoms. The van der Waals surface area contributed by atoms with Gasteiger partial charge in [0.1, 0.15) is 0 Å². The molecule has 4 aromatic rings. The Morgan fingerprint density at radius 3 is 2.69 bits per heavy atom. The van der Waals surface area contributed by atoms with Crippen molar-refractivity contribution in [3.63, 3.8) is 0 Å². The van der Waals surface area contributed by atoms with E-state index in [4.69, 9.17) is 0 Å².